The summed E-state index contributed by atoms with van der Waals surface area (Å²) in [7, 11) is 0. The van der Waals surface area contributed by atoms with E-state index in [1.807, 2.05) is 60.7 Å². The van der Waals surface area contributed by atoms with E-state index in [1.54, 1.807) is 0 Å². The van der Waals surface area contributed by atoms with Crippen LogP contribution in [-0.2, 0) is 70.3 Å². The molecule has 0 saturated heterocycles. The monoisotopic (exact) mass is 915 g/mol. The van der Waals surface area contributed by atoms with Crippen molar-refractivity contribution in [2.24, 2.45) is 0 Å². The number of esters is 2. The number of nitrogens with one attached hydrogen (secondary N) is 2. The van der Waals surface area contributed by atoms with Gasteiger partial charge in [0.25, 0.3) is 0 Å². The molecule has 1 atom stereocenters. The molecule has 0 fully saturated rings. The largest absolute Gasteiger partial charge is 0.481 e. The number of carboxylic acid groups (broad SMARTS) is 1. The third kappa shape index (κ3) is 35.5. The SMILES string of the molecule is O=C(O)CCOCCOCCOCCOCCOCCNC(=O)CCC(NC(=O)CCCCCCCCCCCCCCCCC(=O)OCc1ccccc1)C(=O)OCc1ccccc1. The molecule has 2 aromatic rings. The first-order valence-corrected chi connectivity index (χ1v) is 23.9. The minimum absolute atomic E-state index is 0.0284. The molecule has 0 aliphatic heterocycles. The molecular formula is C50H78N2O13. The number of hydrogen-bond acceptors (Lipinski definition) is 12. The zero-order valence-electron chi connectivity index (χ0n) is 38.8. The lowest BCUT2D eigenvalue weighted by molar-refractivity contribution is -0.149. The van der Waals surface area contributed by atoms with Crippen LogP contribution in [0.4, 0.5) is 0 Å². The molecule has 3 N–H and O–H groups in total. The van der Waals surface area contributed by atoms with Crippen LogP contribution < -0.4 is 10.6 Å². The normalized spacial score (nSPS) is 11.5. The number of benzene rings is 2. The van der Waals surface area contributed by atoms with Gasteiger partial charge in [0.15, 0.2) is 0 Å². The van der Waals surface area contributed by atoms with Gasteiger partial charge >= 0.3 is 17.9 Å². The van der Waals surface area contributed by atoms with Gasteiger partial charge in [-0.1, -0.05) is 138 Å². The Hall–Kier alpha value is -4.41. The number of hydrogen-bond donors (Lipinski definition) is 3. The predicted molar refractivity (Wildman–Crippen MR) is 247 cm³/mol. The van der Waals surface area contributed by atoms with Crippen molar-refractivity contribution in [1.29, 1.82) is 0 Å². The Balaban J connectivity index is 1.46. The minimum atomic E-state index is -0.931. The number of amides is 2. The number of carbonyl (C=O) groups excluding carboxylic acids is 4. The molecule has 0 aliphatic carbocycles. The number of carbonyl (C=O) groups is 5. The Bertz CT molecular complexity index is 1500. The molecule has 15 heteroatoms. The van der Waals surface area contributed by atoms with Crippen molar-refractivity contribution < 1.29 is 62.2 Å². The Kier molecular flexibility index (Phi) is 35.8. The lowest BCUT2D eigenvalue weighted by Gasteiger charge is -2.18. The van der Waals surface area contributed by atoms with Crippen LogP contribution in [0.1, 0.15) is 133 Å². The van der Waals surface area contributed by atoms with Gasteiger partial charge in [-0.3, -0.25) is 19.2 Å². The molecule has 0 aromatic heterocycles. The summed E-state index contributed by atoms with van der Waals surface area (Å²) in [6.45, 7) is 4.21. The zero-order chi connectivity index (χ0) is 46.7. The van der Waals surface area contributed by atoms with E-state index in [2.05, 4.69) is 10.6 Å². The van der Waals surface area contributed by atoms with Crippen LogP contribution in [0.3, 0.4) is 0 Å². The average molecular weight is 915 g/mol. The molecule has 2 amide bonds. The van der Waals surface area contributed by atoms with Crippen molar-refractivity contribution in [3.63, 3.8) is 0 Å². The molecule has 15 nitrogen and oxygen atoms in total. The predicted octanol–water partition coefficient (Wildman–Crippen LogP) is 7.65. The van der Waals surface area contributed by atoms with Crippen molar-refractivity contribution in [2.75, 3.05) is 72.6 Å². The summed E-state index contributed by atoms with van der Waals surface area (Å²) >= 11 is 0. The van der Waals surface area contributed by atoms with Crippen LogP contribution in [0.15, 0.2) is 60.7 Å². The Morgan fingerprint density at radius 2 is 0.862 bits per heavy atom. The first kappa shape index (κ1) is 56.7. The van der Waals surface area contributed by atoms with E-state index >= 15 is 0 Å². The molecule has 2 aromatic carbocycles. The molecule has 65 heavy (non-hydrogen) atoms. The van der Waals surface area contributed by atoms with Crippen molar-refractivity contribution in [3.8, 4) is 0 Å². The summed E-state index contributed by atoms with van der Waals surface area (Å²) in [5.74, 6) is -2.06. The lowest BCUT2D eigenvalue weighted by atomic mass is 10.0. The van der Waals surface area contributed by atoms with Gasteiger partial charge in [0, 0.05) is 25.8 Å². The first-order valence-electron chi connectivity index (χ1n) is 23.9. The molecule has 0 bridgehead atoms. The standard InChI is InChI=1S/C50H78N2O13/c53-46(51-30-32-60-34-36-62-38-40-63-39-37-61-35-33-59-31-29-48(55)56)28-27-45(50(58)65-42-44-23-17-14-18-24-44)52-47(54)25-19-11-9-7-5-3-1-2-4-6-8-10-12-20-26-49(57)64-41-43-21-15-13-16-22-43/h13-18,21-24,45H,1-12,19-20,25-42H2,(H,51,53)(H,52,54)(H,55,56). The van der Waals surface area contributed by atoms with Crippen molar-refractivity contribution in [1.82, 2.24) is 10.6 Å². The summed E-state index contributed by atoms with van der Waals surface area (Å²) in [6, 6.07) is 18.1. The van der Waals surface area contributed by atoms with Crippen LogP contribution in [0.2, 0.25) is 0 Å². The number of aliphatic carboxylic acids is 1. The quantitative estimate of drug-likeness (QED) is 0.0434. The molecule has 0 aliphatic rings. The summed E-state index contributed by atoms with van der Waals surface area (Å²) in [5, 5.41) is 14.2. The second kappa shape index (κ2) is 41.1. The smallest absolute Gasteiger partial charge is 0.328 e. The summed E-state index contributed by atoms with van der Waals surface area (Å²) in [6.07, 6.45) is 16.6. The lowest BCUT2D eigenvalue weighted by Crippen LogP contribution is -2.42. The van der Waals surface area contributed by atoms with E-state index in [4.69, 9.17) is 38.3 Å². The summed E-state index contributed by atoms with van der Waals surface area (Å²) in [4.78, 5) is 60.9. The topological polar surface area (TPSA) is 194 Å². The van der Waals surface area contributed by atoms with Crippen molar-refractivity contribution >= 4 is 29.7 Å². The average Bonchev–Trinajstić information content (AvgIpc) is 3.31. The third-order valence-electron chi connectivity index (χ3n) is 10.3. The first-order chi connectivity index (χ1) is 31.8. The van der Waals surface area contributed by atoms with E-state index < -0.39 is 18.0 Å². The highest BCUT2D eigenvalue weighted by atomic mass is 16.6. The number of ether oxygens (including phenoxy) is 7. The molecule has 0 radical (unpaired) electrons. The Morgan fingerprint density at radius 1 is 0.446 bits per heavy atom. The number of rotatable bonds is 44. The molecular weight excluding hydrogens is 837 g/mol. The van der Waals surface area contributed by atoms with Crippen LogP contribution in [0, 0.1) is 0 Å². The van der Waals surface area contributed by atoms with Crippen molar-refractivity contribution in [2.45, 2.75) is 141 Å². The highest BCUT2D eigenvalue weighted by Gasteiger charge is 2.23. The highest BCUT2D eigenvalue weighted by Crippen LogP contribution is 2.15. The van der Waals surface area contributed by atoms with E-state index in [0.717, 1.165) is 56.1 Å². The van der Waals surface area contributed by atoms with Gasteiger partial charge in [-0.05, 0) is 30.4 Å². The fraction of sp³-hybridized carbons (Fsp3) is 0.660. The molecule has 2 rings (SSSR count). The van der Waals surface area contributed by atoms with E-state index in [-0.39, 0.29) is 50.3 Å². The fourth-order valence-corrected chi connectivity index (χ4v) is 6.60. The van der Waals surface area contributed by atoms with Gasteiger partial charge in [-0.15, -0.1) is 0 Å². The van der Waals surface area contributed by atoms with Gasteiger partial charge < -0.3 is 48.9 Å². The molecule has 0 heterocycles. The minimum Gasteiger partial charge on any atom is -0.481 e. The molecule has 1 unspecified atom stereocenters. The van der Waals surface area contributed by atoms with Gasteiger partial charge in [-0.2, -0.15) is 0 Å². The third-order valence-corrected chi connectivity index (χ3v) is 10.3. The van der Waals surface area contributed by atoms with Gasteiger partial charge in [-0.25, -0.2) is 4.79 Å². The van der Waals surface area contributed by atoms with Crippen molar-refractivity contribution in [3.05, 3.63) is 71.8 Å². The second-order valence-electron chi connectivity index (χ2n) is 15.9. The van der Waals surface area contributed by atoms with E-state index in [1.165, 1.54) is 44.9 Å². The Labute approximate surface area is 387 Å². The molecule has 0 saturated carbocycles. The van der Waals surface area contributed by atoms with Gasteiger partial charge in [0.05, 0.1) is 72.5 Å². The maximum Gasteiger partial charge on any atom is 0.328 e. The van der Waals surface area contributed by atoms with Crippen LogP contribution in [0.25, 0.3) is 0 Å². The van der Waals surface area contributed by atoms with E-state index in [9.17, 15) is 24.0 Å². The Morgan fingerprint density at radius 3 is 1.34 bits per heavy atom. The second-order valence-corrected chi connectivity index (χ2v) is 15.9. The number of unbranched alkanes of at least 4 members (excludes halogenated alkanes) is 13. The van der Waals surface area contributed by atoms with Crippen LogP contribution >= 0.6 is 0 Å². The molecule has 0 spiro atoms. The maximum atomic E-state index is 13.0. The highest BCUT2D eigenvalue weighted by molar-refractivity contribution is 5.85. The van der Waals surface area contributed by atoms with E-state index in [0.29, 0.717) is 85.5 Å². The van der Waals surface area contributed by atoms with Crippen LogP contribution in [0.5, 0.6) is 0 Å². The molecule has 366 valence electrons. The fourth-order valence-electron chi connectivity index (χ4n) is 6.60. The maximum absolute atomic E-state index is 13.0. The van der Waals surface area contributed by atoms with Gasteiger partial charge in [0.1, 0.15) is 19.3 Å². The zero-order valence-corrected chi connectivity index (χ0v) is 38.8. The van der Waals surface area contributed by atoms with Gasteiger partial charge in [0.2, 0.25) is 11.8 Å². The number of carboxylic acids is 1. The summed E-state index contributed by atoms with van der Waals surface area (Å²) in [5.41, 5.74) is 1.85. The van der Waals surface area contributed by atoms with Crippen LogP contribution in [-0.4, -0.2) is 113 Å². The summed E-state index contributed by atoms with van der Waals surface area (Å²) < 4.78 is 37.8.